The van der Waals surface area contributed by atoms with Crippen molar-refractivity contribution < 1.29 is 32.6 Å². The fourth-order valence-electron chi connectivity index (χ4n) is 5.34. The SMILES string of the molecule is C[C@@H]1CCCCO[C@@H](CN(C)C(=O)c2ccncc2)[C@H](C)CN([C@@H](C)CO)C(=O)c2cc(NS(=O)(=O)c3ccc(Cl)cc3)ccc2O1. The van der Waals surface area contributed by atoms with Crippen LogP contribution in [0.15, 0.2) is 71.9 Å². The van der Waals surface area contributed by atoms with Gasteiger partial charge in [-0.15, -0.1) is 0 Å². The molecule has 1 aliphatic rings. The van der Waals surface area contributed by atoms with Gasteiger partial charge in [-0.25, -0.2) is 8.42 Å². The average molecular weight is 687 g/mol. The van der Waals surface area contributed by atoms with Gasteiger partial charge in [0.25, 0.3) is 21.8 Å². The van der Waals surface area contributed by atoms with E-state index in [0.29, 0.717) is 29.4 Å². The van der Waals surface area contributed by atoms with Crippen molar-refractivity contribution in [3.8, 4) is 5.75 Å². The van der Waals surface area contributed by atoms with Crippen LogP contribution in [-0.2, 0) is 14.8 Å². The predicted octanol–water partition coefficient (Wildman–Crippen LogP) is 5.10. The van der Waals surface area contributed by atoms with Crippen molar-refractivity contribution in [1.29, 1.82) is 0 Å². The van der Waals surface area contributed by atoms with Gasteiger partial charge in [0.05, 0.1) is 35.3 Å². The fourth-order valence-corrected chi connectivity index (χ4v) is 6.52. The Morgan fingerprint density at radius 3 is 2.51 bits per heavy atom. The lowest BCUT2D eigenvalue weighted by atomic mass is 10.0. The largest absolute Gasteiger partial charge is 0.490 e. The number of hydrogen-bond acceptors (Lipinski definition) is 8. The van der Waals surface area contributed by atoms with Crippen molar-refractivity contribution in [2.75, 3.05) is 38.1 Å². The smallest absolute Gasteiger partial charge is 0.261 e. The molecule has 3 aromatic rings. The molecule has 2 N–H and O–H groups in total. The van der Waals surface area contributed by atoms with Gasteiger partial charge in [0.15, 0.2) is 0 Å². The Morgan fingerprint density at radius 1 is 1.13 bits per heavy atom. The number of fused-ring (bicyclic) bond motifs is 1. The highest BCUT2D eigenvalue weighted by Crippen LogP contribution is 2.30. The van der Waals surface area contributed by atoms with Crippen LogP contribution in [0.2, 0.25) is 5.02 Å². The number of likely N-dealkylation sites (N-methyl/N-ethyl adjacent to an activating group) is 1. The first-order valence-corrected chi connectivity index (χ1v) is 17.5. The van der Waals surface area contributed by atoms with Crippen molar-refractivity contribution in [3.63, 3.8) is 0 Å². The van der Waals surface area contributed by atoms with Crippen molar-refractivity contribution in [1.82, 2.24) is 14.8 Å². The number of nitrogens with one attached hydrogen (secondary N) is 1. The van der Waals surface area contributed by atoms with E-state index in [9.17, 15) is 23.1 Å². The maximum atomic E-state index is 14.3. The summed E-state index contributed by atoms with van der Waals surface area (Å²) >= 11 is 5.94. The monoisotopic (exact) mass is 686 g/mol. The van der Waals surface area contributed by atoms with E-state index < -0.39 is 28.1 Å². The molecule has 1 aromatic heterocycles. The van der Waals surface area contributed by atoms with Gasteiger partial charge in [0.1, 0.15) is 5.75 Å². The zero-order chi connectivity index (χ0) is 34.1. The molecule has 0 saturated heterocycles. The number of sulfonamides is 1. The van der Waals surface area contributed by atoms with Gasteiger partial charge >= 0.3 is 0 Å². The van der Waals surface area contributed by atoms with E-state index in [1.807, 2.05) is 13.8 Å². The molecular formula is C34H43ClN4O7S. The number of benzene rings is 2. The first-order chi connectivity index (χ1) is 22.4. The van der Waals surface area contributed by atoms with Crippen molar-refractivity contribution in [3.05, 3.63) is 83.1 Å². The van der Waals surface area contributed by atoms with Crippen LogP contribution in [-0.4, -0.2) is 91.7 Å². The number of ether oxygens (including phenoxy) is 2. The second kappa shape index (κ2) is 16.4. The topological polar surface area (TPSA) is 138 Å². The molecule has 0 bridgehead atoms. The highest BCUT2D eigenvalue weighted by molar-refractivity contribution is 7.92. The maximum absolute atomic E-state index is 14.3. The number of aromatic nitrogens is 1. The van der Waals surface area contributed by atoms with Crippen LogP contribution in [0.1, 0.15) is 60.7 Å². The number of aliphatic hydroxyl groups is 1. The van der Waals surface area contributed by atoms with Gasteiger partial charge in [-0.1, -0.05) is 18.5 Å². The van der Waals surface area contributed by atoms with Gasteiger partial charge < -0.3 is 24.4 Å². The Kier molecular flexibility index (Phi) is 12.6. The number of hydrogen-bond donors (Lipinski definition) is 2. The fraction of sp³-hybridized carbons (Fsp3) is 0.441. The normalized spacial score (nSPS) is 20.3. The Labute approximate surface area is 281 Å². The molecule has 1 aliphatic heterocycles. The van der Waals surface area contributed by atoms with Gasteiger partial charge in [0, 0.05) is 61.3 Å². The van der Waals surface area contributed by atoms with Crippen LogP contribution in [0, 0.1) is 5.92 Å². The molecule has 13 heteroatoms. The van der Waals surface area contributed by atoms with Crippen LogP contribution in [0.3, 0.4) is 0 Å². The van der Waals surface area contributed by atoms with E-state index in [0.717, 1.165) is 12.8 Å². The van der Waals surface area contributed by atoms with E-state index in [2.05, 4.69) is 9.71 Å². The number of anilines is 1. The lowest BCUT2D eigenvalue weighted by Gasteiger charge is -2.36. The molecule has 11 nitrogen and oxygen atoms in total. The number of carbonyl (C=O) groups is 2. The molecule has 2 amide bonds. The van der Waals surface area contributed by atoms with Gasteiger partial charge in [-0.2, -0.15) is 0 Å². The van der Waals surface area contributed by atoms with E-state index in [-0.39, 0.29) is 53.8 Å². The van der Waals surface area contributed by atoms with Crippen LogP contribution in [0.4, 0.5) is 5.69 Å². The van der Waals surface area contributed by atoms with E-state index in [4.69, 9.17) is 21.1 Å². The molecule has 2 aromatic carbocycles. The Hall–Kier alpha value is -3.71. The third kappa shape index (κ3) is 9.66. The first-order valence-electron chi connectivity index (χ1n) is 15.7. The molecule has 0 radical (unpaired) electrons. The van der Waals surface area contributed by atoms with Gasteiger partial charge in [0.2, 0.25) is 0 Å². The van der Waals surface area contributed by atoms with Gasteiger partial charge in [-0.3, -0.25) is 19.3 Å². The van der Waals surface area contributed by atoms with E-state index >= 15 is 0 Å². The second-order valence-electron chi connectivity index (χ2n) is 12.0. The molecule has 0 aliphatic carbocycles. The summed E-state index contributed by atoms with van der Waals surface area (Å²) in [4.78, 5) is 34.6. The predicted molar refractivity (Wildman–Crippen MR) is 180 cm³/mol. The van der Waals surface area contributed by atoms with E-state index in [1.165, 1.54) is 30.3 Å². The number of amides is 2. The second-order valence-corrected chi connectivity index (χ2v) is 14.1. The summed E-state index contributed by atoms with van der Waals surface area (Å²) in [6.07, 6.45) is 4.75. The average Bonchev–Trinajstić information content (AvgIpc) is 3.06. The minimum atomic E-state index is -3.99. The number of halogens is 1. The number of pyridine rings is 1. The summed E-state index contributed by atoms with van der Waals surface area (Å²) in [5.41, 5.74) is 0.835. The zero-order valence-corrected chi connectivity index (χ0v) is 28.7. The molecule has 0 spiro atoms. The summed E-state index contributed by atoms with van der Waals surface area (Å²) in [6, 6.07) is 13.1. The summed E-state index contributed by atoms with van der Waals surface area (Å²) in [5, 5.41) is 10.6. The van der Waals surface area contributed by atoms with E-state index in [1.54, 1.807) is 60.4 Å². The third-order valence-electron chi connectivity index (χ3n) is 8.16. The molecule has 254 valence electrons. The lowest BCUT2D eigenvalue weighted by molar-refractivity contribution is -0.0149. The zero-order valence-electron chi connectivity index (χ0n) is 27.1. The molecule has 47 heavy (non-hydrogen) atoms. The summed E-state index contributed by atoms with van der Waals surface area (Å²) in [6.45, 7) is 6.23. The number of rotatable bonds is 8. The molecule has 0 fully saturated rings. The molecule has 4 rings (SSSR count). The van der Waals surface area contributed by atoms with Crippen LogP contribution >= 0.6 is 11.6 Å². The molecular weight excluding hydrogens is 644 g/mol. The standard InChI is InChI=1S/C34H43ClN4O7S/c1-23-20-39(24(2)22-40)34(42)30-19-28(37-47(43,44)29-11-8-27(35)9-12-29)10-13-31(30)46-25(3)7-5-6-18-45-32(23)21-38(4)33(41)26-14-16-36-17-15-26/h8-17,19,23-25,32,37,40H,5-7,18,20-22H2,1-4H3/t23-,24+,25-,32+/m1/s1. The highest BCUT2D eigenvalue weighted by Gasteiger charge is 2.31. The molecule has 0 saturated carbocycles. The Balaban J connectivity index is 1.66. The van der Waals surface area contributed by atoms with Crippen molar-refractivity contribution in [2.45, 2.75) is 63.2 Å². The Bertz CT molecular complexity index is 1610. The van der Waals surface area contributed by atoms with Crippen molar-refractivity contribution >= 4 is 39.1 Å². The maximum Gasteiger partial charge on any atom is 0.261 e. The minimum Gasteiger partial charge on any atom is -0.490 e. The van der Waals surface area contributed by atoms with Crippen LogP contribution in [0.25, 0.3) is 0 Å². The van der Waals surface area contributed by atoms with Crippen LogP contribution in [0.5, 0.6) is 5.75 Å². The van der Waals surface area contributed by atoms with Crippen molar-refractivity contribution in [2.24, 2.45) is 5.92 Å². The number of aliphatic hydroxyl groups excluding tert-OH is 1. The summed E-state index contributed by atoms with van der Waals surface area (Å²) in [7, 11) is -2.28. The van der Waals surface area contributed by atoms with Gasteiger partial charge in [-0.05, 0) is 87.7 Å². The molecule has 0 unspecified atom stereocenters. The highest BCUT2D eigenvalue weighted by atomic mass is 35.5. The summed E-state index contributed by atoms with van der Waals surface area (Å²) in [5.74, 6) is -0.552. The molecule has 2 heterocycles. The quantitative estimate of drug-likeness (QED) is 0.334. The Morgan fingerprint density at radius 2 is 1.83 bits per heavy atom. The lowest BCUT2D eigenvalue weighted by Crippen LogP contribution is -2.48. The number of carbonyl (C=O) groups excluding carboxylic acids is 2. The first kappa shape index (κ1) is 36.1. The minimum absolute atomic E-state index is 0.0148. The molecule has 4 atom stereocenters. The summed E-state index contributed by atoms with van der Waals surface area (Å²) < 4.78 is 41.5. The third-order valence-corrected chi connectivity index (χ3v) is 9.80. The number of nitrogens with zero attached hydrogens (tertiary/aromatic N) is 3. The van der Waals surface area contributed by atoms with Crippen LogP contribution < -0.4 is 9.46 Å².